The Balaban J connectivity index is 1.46. The number of hydrogen-bond acceptors (Lipinski definition) is 7. The number of amidine groups is 1. The van der Waals surface area contributed by atoms with Gasteiger partial charge in [0.25, 0.3) is 0 Å². The number of benzene rings is 1. The molecule has 1 fully saturated rings. The Morgan fingerprint density at radius 3 is 2.65 bits per heavy atom. The molecule has 166 valence electrons. The van der Waals surface area contributed by atoms with Crippen LogP contribution in [0.4, 0.5) is 0 Å². The molecule has 0 saturated carbocycles. The van der Waals surface area contributed by atoms with Crippen molar-refractivity contribution in [3.05, 3.63) is 41.5 Å². The third-order valence-corrected chi connectivity index (χ3v) is 6.79. The fourth-order valence-electron chi connectivity index (χ4n) is 4.83. The van der Waals surface area contributed by atoms with Crippen molar-refractivity contribution >= 4 is 5.84 Å². The molecule has 31 heavy (non-hydrogen) atoms. The van der Waals surface area contributed by atoms with Crippen LogP contribution in [0.2, 0.25) is 0 Å². The van der Waals surface area contributed by atoms with E-state index in [-0.39, 0.29) is 12.1 Å². The van der Waals surface area contributed by atoms with Crippen molar-refractivity contribution in [3.8, 4) is 5.75 Å². The van der Waals surface area contributed by atoms with E-state index in [1.807, 2.05) is 4.68 Å². The highest BCUT2D eigenvalue weighted by Gasteiger charge is 2.34. The van der Waals surface area contributed by atoms with Crippen LogP contribution in [0, 0.1) is 0 Å². The predicted molar refractivity (Wildman–Crippen MR) is 121 cm³/mol. The first kappa shape index (κ1) is 20.5. The van der Waals surface area contributed by atoms with Crippen LogP contribution in [-0.4, -0.2) is 88.2 Å². The number of aromatic nitrogens is 3. The van der Waals surface area contributed by atoms with Gasteiger partial charge in [0, 0.05) is 44.8 Å². The summed E-state index contributed by atoms with van der Waals surface area (Å²) in [6.07, 6.45) is 1.64. The van der Waals surface area contributed by atoms with E-state index >= 15 is 0 Å². The molecule has 0 aliphatic carbocycles. The second-order valence-corrected chi connectivity index (χ2v) is 9.19. The summed E-state index contributed by atoms with van der Waals surface area (Å²) in [5.41, 5.74) is 2.43. The summed E-state index contributed by atoms with van der Waals surface area (Å²) in [5.74, 6) is 2.91. The Morgan fingerprint density at radius 1 is 1.06 bits per heavy atom. The highest BCUT2D eigenvalue weighted by Crippen LogP contribution is 2.34. The average molecular weight is 424 g/mol. The molecule has 1 aromatic heterocycles. The fourth-order valence-corrected chi connectivity index (χ4v) is 4.83. The predicted octanol–water partition coefficient (Wildman–Crippen LogP) is 2.36. The second-order valence-electron chi connectivity index (χ2n) is 9.19. The van der Waals surface area contributed by atoms with Crippen LogP contribution in [0.5, 0.6) is 5.75 Å². The van der Waals surface area contributed by atoms with E-state index < -0.39 is 0 Å². The van der Waals surface area contributed by atoms with Gasteiger partial charge in [0.15, 0.2) is 5.82 Å². The minimum absolute atomic E-state index is 0.00422. The number of ether oxygens (including phenoxy) is 1. The summed E-state index contributed by atoms with van der Waals surface area (Å²) in [4.78, 5) is 17.0. The maximum absolute atomic E-state index is 6.09. The molecule has 1 saturated heterocycles. The van der Waals surface area contributed by atoms with E-state index in [2.05, 4.69) is 70.8 Å². The average Bonchev–Trinajstić information content (AvgIpc) is 3.38. The van der Waals surface area contributed by atoms with Crippen molar-refractivity contribution < 1.29 is 4.74 Å². The van der Waals surface area contributed by atoms with Crippen LogP contribution in [0.25, 0.3) is 0 Å². The molecule has 4 heterocycles. The minimum atomic E-state index is 0.00422. The largest absolute Gasteiger partial charge is 0.491 e. The van der Waals surface area contributed by atoms with Gasteiger partial charge in [-0.15, -0.1) is 0 Å². The summed E-state index contributed by atoms with van der Waals surface area (Å²) in [6.45, 7) is 13.4. The lowest BCUT2D eigenvalue weighted by atomic mass is 10.0. The lowest BCUT2D eigenvalue weighted by Crippen LogP contribution is -2.45. The number of nitrogens with zero attached hydrogens (tertiary/aromatic N) is 7. The van der Waals surface area contributed by atoms with E-state index in [4.69, 9.17) is 9.73 Å². The Bertz CT molecular complexity index is 961. The first-order chi connectivity index (χ1) is 15.0. The van der Waals surface area contributed by atoms with Gasteiger partial charge in [-0.25, -0.2) is 9.67 Å². The van der Waals surface area contributed by atoms with Crippen molar-refractivity contribution in [1.29, 1.82) is 0 Å². The second kappa shape index (κ2) is 8.24. The standard InChI is InChI=1S/C23H33N7O/c1-16(2)30-23(24-15-25-30)20-14-29-11-12-31-21-6-5-18(13-19(21)22(29)26-20)17(3)28-9-7-27(4)8-10-28/h5-6,13,15-17,20H,7-12,14H2,1-4H3/t17-,20?/m0/s1. The Morgan fingerprint density at radius 2 is 1.87 bits per heavy atom. The zero-order valence-corrected chi connectivity index (χ0v) is 19.0. The SMILES string of the molecule is CC(C)n1ncnc1C1CN2CCOc3ccc([C@H](C)N4CCN(C)CC4)cc3C2=N1. The van der Waals surface area contributed by atoms with Crippen LogP contribution >= 0.6 is 0 Å². The van der Waals surface area contributed by atoms with Gasteiger partial charge >= 0.3 is 0 Å². The summed E-state index contributed by atoms with van der Waals surface area (Å²) in [7, 11) is 2.20. The molecule has 2 atom stereocenters. The molecule has 1 aromatic carbocycles. The van der Waals surface area contributed by atoms with Crippen molar-refractivity contribution in [1.82, 2.24) is 29.5 Å². The number of likely N-dealkylation sites (N-methyl/N-ethyl adjacent to an activating group) is 1. The first-order valence-corrected chi connectivity index (χ1v) is 11.4. The number of aliphatic imine (C=N–C) groups is 1. The Kier molecular flexibility index (Phi) is 5.44. The molecule has 3 aliphatic rings. The van der Waals surface area contributed by atoms with Crippen molar-refractivity contribution in [2.24, 2.45) is 4.99 Å². The van der Waals surface area contributed by atoms with E-state index in [1.54, 1.807) is 6.33 Å². The number of fused-ring (bicyclic) bond motifs is 3. The molecule has 0 spiro atoms. The van der Waals surface area contributed by atoms with Gasteiger partial charge in [0.05, 0.1) is 12.1 Å². The minimum Gasteiger partial charge on any atom is -0.491 e. The summed E-state index contributed by atoms with van der Waals surface area (Å²) in [5, 5.41) is 4.42. The molecule has 0 bridgehead atoms. The van der Waals surface area contributed by atoms with Gasteiger partial charge in [-0.3, -0.25) is 9.89 Å². The smallest absolute Gasteiger partial charge is 0.153 e. The number of hydrogen-bond donors (Lipinski definition) is 0. The number of piperazine rings is 1. The van der Waals surface area contributed by atoms with Crippen LogP contribution in [0.3, 0.4) is 0 Å². The third-order valence-electron chi connectivity index (χ3n) is 6.79. The molecule has 0 amide bonds. The van der Waals surface area contributed by atoms with Crippen molar-refractivity contribution in [2.75, 3.05) is 52.9 Å². The molecule has 5 rings (SSSR count). The van der Waals surface area contributed by atoms with E-state index in [0.717, 1.165) is 62.2 Å². The van der Waals surface area contributed by atoms with Crippen LogP contribution in [0.1, 0.15) is 55.8 Å². The van der Waals surface area contributed by atoms with Crippen LogP contribution < -0.4 is 4.74 Å². The molecule has 1 unspecified atom stereocenters. The van der Waals surface area contributed by atoms with Crippen LogP contribution in [-0.2, 0) is 0 Å². The van der Waals surface area contributed by atoms with Gasteiger partial charge in [0.1, 0.15) is 30.6 Å². The van der Waals surface area contributed by atoms with Crippen LogP contribution in [0.15, 0.2) is 29.5 Å². The fraction of sp³-hybridized carbons (Fsp3) is 0.609. The number of rotatable bonds is 4. The van der Waals surface area contributed by atoms with Gasteiger partial charge < -0.3 is 14.5 Å². The lowest BCUT2D eigenvalue weighted by Gasteiger charge is -2.36. The maximum Gasteiger partial charge on any atom is 0.153 e. The van der Waals surface area contributed by atoms with E-state index in [0.29, 0.717) is 12.6 Å². The summed E-state index contributed by atoms with van der Waals surface area (Å²) < 4.78 is 8.08. The first-order valence-electron chi connectivity index (χ1n) is 11.4. The molecular weight excluding hydrogens is 390 g/mol. The summed E-state index contributed by atoms with van der Waals surface area (Å²) in [6, 6.07) is 7.30. The van der Waals surface area contributed by atoms with Crippen molar-refractivity contribution in [2.45, 2.75) is 38.9 Å². The molecule has 8 heteroatoms. The molecular formula is C23H33N7O. The van der Waals surface area contributed by atoms with E-state index in [9.17, 15) is 0 Å². The van der Waals surface area contributed by atoms with Gasteiger partial charge in [-0.2, -0.15) is 5.10 Å². The zero-order valence-electron chi connectivity index (χ0n) is 19.0. The Hall–Kier alpha value is -2.45. The molecule has 2 aromatic rings. The highest BCUT2D eigenvalue weighted by molar-refractivity contribution is 6.02. The topological polar surface area (TPSA) is 62.0 Å². The molecule has 8 nitrogen and oxygen atoms in total. The third kappa shape index (κ3) is 3.83. The maximum atomic E-state index is 6.09. The quantitative estimate of drug-likeness (QED) is 0.752. The lowest BCUT2D eigenvalue weighted by molar-refractivity contribution is 0.119. The summed E-state index contributed by atoms with van der Waals surface area (Å²) >= 11 is 0. The molecule has 0 radical (unpaired) electrons. The Labute approximate surface area is 184 Å². The monoisotopic (exact) mass is 423 g/mol. The molecule has 0 N–H and O–H groups in total. The molecule has 3 aliphatic heterocycles. The van der Waals surface area contributed by atoms with Gasteiger partial charge in [0.2, 0.25) is 0 Å². The highest BCUT2D eigenvalue weighted by atomic mass is 16.5. The van der Waals surface area contributed by atoms with Crippen molar-refractivity contribution in [3.63, 3.8) is 0 Å². The van der Waals surface area contributed by atoms with Gasteiger partial charge in [-0.1, -0.05) is 6.07 Å². The van der Waals surface area contributed by atoms with E-state index in [1.165, 1.54) is 5.56 Å². The zero-order chi connectivity index (χ0) is 21.5. The van der Waals surface area contributed by atoms with Gasteiger partial charge in [-0.05, 0) is 45.5 Å². The normalized spacial score (nSPS) is 23.2.